The van der Waals surface area contributed by atoms with E-state index in [-0.39, 0.29) is 11.5 Å². The number of benzene rings is 2. The van der Waals surface area contributed by atoms with Gasteiger partial charge in [-0.2, -0.15) is 0 Å². The molecule has 0 saturated carbocycles. The predicted octanol–water partition coefficient (Wildman–Crippen LogP) is 4.89. The molecule has 0 nitrogen and oxygen atoms in total. The minimum Gasteiger partial charge on any atom is -0.206 e. The summed E-state index contributed by atoms with van der Waals surface area (Å²) in [7, 11) is 0. The quantitative estimate of drug-likeness (QED) is 0.711. The van der Waals surface area contributed by atoms with Gasteiger partial charge < -0.3 is 0 Å². The predicted molar refractivity (Wildman–Crippen MR) is 65.8 cm³/mol. The van der Waals surface area contributed by atoms with Gasteiger partial charge in [0, 0.05) is 5.56 Å². The lowest BCUT2D eigenvalue weighted by atomic mass is 9.98. The first kappa shape index (κ1) is 12.7. The Balaban J connectivity index is 2.47. The van der Waals surface area contributed by atoms with Crippen molar-refractivity contribution < 1.29 is 13.2 Å². The lowest BCUT2D eigenvalue weighted by molar-refractivity contribution is 0.509. The minimum absolute atomic E-state index is 0.221. The zero-order valence-corrected chi connectivity index (χ0v) is 10.2. The van der Waals surface area contributed by atoms with Crippen molar-refractivity contribution in [1.82, 2.24) is 0 Å². The van der Waals surface area contributed by atoms with E-state index < -0.39 is 17.5 Å². The van der Waals surface area contributed by atoms with Crippen molar-refractivity contribution in [2.24, 2.45) is 0 Å². The van der Waals surface area contributed by atoms with Crippen molar-refractivity contribution >= 4 is 0 Å². The standard InChI is InChI=1S/C15H13F3/c1-9(2)10-3-5-12(14(17)7-10)11-4-6-13(16)15(18)8-11/h3-9H,1-2H3. The zero-order valence-electron chi connectivity index (χ0n) is 10.2. The van der Waals surface area contributed by atoms with Gasteiger partial charge >= 0.3 is 0 Å². The molecule has 3 heteroatoms. The third kappa shape index (κ3) is 2.40. The molecule has 0 aliphatic rings. The van der Waals surface area contributed by atoms with E-state index in [1.165, 1.54) is 12.1 Å². The molecule has 0 N–H and O–H groups in total. The average molecular weight is 250 g/mol. The lowest BCUT2D eigenvalue weighted by Crippen LogP contribution is -1.92. The van der Waals surface area contributed by atoms with Crippen LogP contribution in [0.4, 0.5) is 13.2 Å². The Kier molecular flexibility index (Phi) is 3.41. The second-order valence-corrected chi connectivity index (χ2v) is 4.52. The van der Waals surface area contributed by atoms with Gasteiger partial charge in [-0.1, -0.05) is 32.0 Å². The maximum Gasteiger partial charge on any atom is 0.159 e. The normalized spacial score (nSPS) is 11.0. The van der Waals surface area contributed by atoms with Crippen molar-refractivity contribution in [2.75, 3.05) is 0 Å². The average Bonchev–Trinajstić information content (AvgIpc) is 2.32. The van der Waals surface area contributed by atoms with E-state index >= 15 is 0 Å². The van der Waals surface area contributed by atoms with Crippen molar-refractivity contribution in [2.45, 2.75) is 19.8 Å². The van der Waals surface area contributed by atoms with Crippen LogP contribution >= 0.6 is 0 Å². The Labute approximate surface area is 104 Å². The Morgan fingerprint density at radius 1 is 0.778 bits per heavy atom. The first-order chi connectivity index (χ1) is 8.49. The molecule has 0 spiro atoms. The molecule has 2 aromatic carbocycles. The molecule has 0 atom stereocenters. The first-order valence-electron chi connectivity index (χ1n) is 5.74. The summed E-state index contributed by atoms with van der Waals surface area (Å²) >= 11 is 0. The summed E-state index contributed by atoms with van der Waals surface area (Å²) in [5, 5.41) is 0. The summed E-state index contributed by atoms with van der Waals surface area (Å²) in [6, 6.07) is 8.19. The van der Waals surface area contributed by atoms with Gasteiger partial charge in [-0.3, -0.25) is 0 Å². The largest absolute Gasteiger partial charge is 0.206 e. The highest BCUT2D eigenvalue weighted by Crippen LogP contribution is 2.27. The van der Waals surface area contributed by atoms with Crippen molar-refractivity contribution in [1.29, 1.82) is 0 Å². The molecule has 0 bridgehead atoms. The second-order valence-electron chi connectivity index (χ2n) is 4.52. The second kappa shape index (κ2) is 4.84. The van der Waals surface area contributed by atoms with Crippen LogP contribution in [0.5, 0.6) is 0 Å². The molecule has 0 aromatic heterocycles. The fourth-order valence-electron chi connectivity index (χ4n) is 1.79. The monoisotopic (exact) mass is 250 g/mol. The molecule has 18 heavy (non-hydrogen) atoms. The van der Waals surface area contributed by atoms with Crippen molar-refractivity contribution in [3.05, 3.63) is 59.4 Å². The topological polar surface area (TPSA) is 0 Å². The molecule has 0 aliphatic carbocycles. The van der Waals surface area contributed by atoms with Crippen LogP contribution in [0.2, 0.25) is 0 Å². The molecule has 0 radical (unpaired) electrons. The molecule has 0 aliphatic heterocycles. The highest BCUT2D eigenvalue weighted by Gasteiger charge is 2.10. The molecule has 0 amide bonds. The number of halogens is 3. The van der Waals surface area contributed by atoms with Crippen LogP contribution in [0, 0.1) is 17.5 Å². The van der Waals surface area contributed by atoms with E-state index in [2.05, 4.69) is 0 Å². The van der Waals surface area contributed by atoms with Gasteiger partial charge in [0.1, 0.15) is 5.82 Å². The summed E-state index contributed by atoms with van der Waals surface area (Å²) in [5.74, 6) is -2.11. The summed E-state index contributed by atoms with van der Waals surface area (Å²) in [4.78, 5) is 0. The Bertz CT molecular complexity index is 574. The van der Waals surface area contributed by atoms with E-state index in [9.17, 15) is 13.2 Å². The van der Waals surface area contributed by atoms with Gasteiger partial charge in [0.2, 0.25) is 0 Å². The Morgan fingerprint density at radius 3 is 2.06 bits per heavy atom. The molecule has 2 rings (SSSR count). The van der Waals surface area contributed by atoms with Crippen LogP contribution in [0.15, 0.2) is 36.4 Å². The van der Waals surface area contributed by atoms with E-state index in [4.69, 9.17) is 0 Å². The summed E-state index contributed by atoms with van der Waals surface area (Å²) < 4.78 is 39.8. The van der Waals surface area contributed by atoms with E-state index in [1.807, 2.05) is 13.8 Å². The van der Waals surface area contributed by atoms with Gasteiger partial charge in [0.15, 0.2) is 11.6 Å². The van der Waals surface area contributed by atoms with Crippen LogP contribution in [0.25, 0.3) is 11.1 Å². The highest BCUT2D eigenvalue weighted by molar-refractivity contribution is 5.64. The van der Waals surface area contributed by atoms with Gasteiger partial charge in [0.05, 0.1) is 0 Å². The van der Waals surface area contributed by atoms with Crippen LogP contribution < -0.4 is 0 Å². The SMILES string of the molecule is CC(C)c1ccc(-c2ccc(F)c(F)c2)c(F)c1. The van der Waals surface area contributed by atoms with E-state index in [1.54, 1.807) is 12.1 Å². The molecule has 0 saturated heterocycles. The Hall–Kier alpha value is -1.77. The molecule has 0 heterocycles. The van der Waals surface area contributed by atoms with Crippen LogP contribution in [-0.2, 0) is 0 Å². The van der Waals surface area contributed by atoms with Crippen molar-refractivity contribution in [3.63, 3.8) is 0 Å². The van der Waals surface area contributed by atoms with Gasteiger partial charge in [-0.25, -0.2) is 13.2 Å². The highest BCUT2D eigenvalue weighted by atomic mass is 19.2. The molecular formula is C15H13F3. The lowest BCUT2D eigenvalue weighted by Gasteiger charge is -2.09. The smallest absolute Gasteiger partial charge is 0.159 e. The zero-order chi connectivity index (χ0) is 13.3. The van der Waals surface area contributed by atoms with E-state index in [0.29, 0.717) is 5.56 Å². The summed E-state index contributed by atoms with van der Waals surface area (Å²) in [6.45, 7) is 3.93. The number of hydrogen-bond donors (Lipinski definition) is 0. The fraction of sp³-hybridized carbons (Fsp3) is 0.200. The molecular weight excluding hydrogens is 237 g/mol. The number of hydrogen-bond acceptors (Lipinski definition) is 0. The molecule has 94 valence electrons. The van der Waals surface area contributed by atoms with Gasteiger partial charge in [0.25, 0.3) is 0 Å². The number of rotatable bonds is 2. The van der Waals surface area contributed by atoms with Crippen LogP contribution in [0.1, 0.15) is 25.3 Å². The fourth-order valence-corrected chi connectivity index (χ4v) is 1.79. The minimum atomic E-state index is -0.972. The third-order valence-corrected chi connectivity index (χ3v) is 2.89. The first-order valence-corrected chi connectivity index (χ1v) is 5.74. The van der Waals surface area contributed by atoms with Crippen LogP contribution in [0.3, 0.4) is 0 Å². The summed E-state index contributed by atoms with van der Waals surface area (Å²) in [6.07, 6.45) is 0. The maximum absolute atomic E-state index is 13.9. The molecule has 0 unspecified atom stereocenters. The third-order valence-electron chi connectivity index (χ3n) is 2.89. The van der Waals surface area contributed by atoms with Gasteiger partial charge in [-0.05, 0) is 35.2 Å². The Morgan fingerprint density at radius 2 is 1.50 bits per heavy atom. The van der Waals surface area contributed by atoms with E-state index in [0.717, 1.165) is 17.7 Å². The van der Waals surface area contributed by atoms with Crippen molar-refractivity contribution in [3.8, 4) is 11.1 Å². The van der Waals surface area contributed by atoms with Gasteiger partial charge in [-0.15, -0.1) is 0 Å². The summed E-state index contributed by atoms with van der Waals surface area (Å²) in [5.41, 5.74) is 1.49. The molecule has 2 aromatic rings. The molecule has 0 fully saturated rings. The van der Waals surface area contributed by atoms with Crippen LogP contribution in [-0.4, -0.2) is 0 Å². The maximum atomic E-state index is 13.9.